The van der Waals surface area contributed by atoms with Crippen LogP contribution in [0.5, 0.6) is 0 Å². The molecule has 1 aliphatic rings. The predicted octanol–water partition coefficient (Wildman–Crippen LogP) is 1.16. The first-order valence-electron chi connectivity index (χ1n) is 6.84. The van der Waals surface area contributed by atoms with Gasteiger partial charge in [-0.15, -0.1) is 0 Å². The fourth-order valence-electron chi connectivity index (χ4n) is 2.39. The first kappa shape index (κ1) is 15.8. The Labute approximate surface area is 124 Å². The van der Waals surface area contributed by atoms with Gasteiger partial charge in [0.1, 0.15) is 0 Å². The van der Waals surface area contributed by atoms with E-state index in [0.29, 0.717) is 30.3 Å². The van der Waals surface area contributed by atoms with Crippen molar-refractivity contribution >= 4 is 21.5 Å². The molecule has 2 rings (SSSR count). The molecule has 1 unspecified atom stereocenters. The molecular weight excluding hydrogens is 294 g/mol. The van der Waals surface area contributed by atoms with Gasteiger partial charge in [0.25, 0.3) is 0 Å². The number of sulfone groups is 1. The molecule has 0 bridgehead atoms. The lowest BCUT2D eigenvalue weighted by Gasteiger charge is -2.34. The quantitative estimate of drug-likeness (QED) is 0.878. The smallest absolute Gasteiger partial charge is 0.306 e. The summed E-state index contributed by atoms with van der Waals surface area (Å²) in [5.41, 5.74) is 0.623. The highest BCUT2D eigenvalue weighted by molar-refractivity contribution is 7.91. The largest absolute Gasteiger partial charge is 0.481 e. The fourth-order valence-corrected chi connectivity index (χ4v) is 3.51. The van der Waals surface area contributed by atoms with Gasteiger partial charge in [0.05, 0.1) is 35.5 Å². The number of nitrogens with zero attached hydrogens (tertiary/aromatic N) is 1. The first-order chi connectivity index (χ1) is 9.94. The van der Waals surface area contributed by atoms with Crippen LogP contribution in [0.15, 0.2) is 29.2 Å². The van der Waals surface area contributed by atoms with Crippen molar-refractivity contribution in [2.45, 2.75) is 24.3 Å². The van der Waals surface area contributed by atoms with Gasteiger partial charge in [-0.2, -0.15) is 0 Å². The second-order valence-electron chi connectivity index (χ2n) is 4.91. The number of anilines is 1. The van der Waals surface area contributed by atoms with Crippen LogP contribution in [0.25, 0.3) is 0 Å². The lowest BCUT2D eigenvalue weighted by atomic mass is 10.2. The van der Waals surface area contributed by atoms with Crippen molar-refractivity contribution in [1.29, 1.82) is 0 Å². The third-order valence-electron chi connectivity index (χ3n) is 3.46. The van der Waals surface area contributed by atoms with Crippen LogP contribution in [0.3, 0.4) is 0 Å². The molecule has 1 aliphatic heterocycles. The summed E-state index contributed by atoms with van der Waals surface area (Å²) in [5.74, 6) is -0.885. The van der Waals surface area contributed by atoms with E-state index in [9.17, 15) is 13.2 Å². The number of carboxylic acids is 1. The number of benzene rings is 1. The summed E-state index contributed by atoms with van der Waals surface area (Å²) in [6.45, 7) is 2.92. The third kappa shape index (κ3) is 3.74. The molecule has 1 heterocycles. The van der Waals surface area contributed by atoms with Crippen molar-refractivity contribution in [1.82, 2.24) is 0 Å². The Morgan fingerprint density at radius 2 is 2.14 bits per heavy atom. The second-order valence-corrected chi connectivity index (χ2v) is 7.15. The van der Waals surface area contributed by atoms with Gasteiger partial charge in [-0.05, 0) is 12.1 Å². The molecule has 116 valence electrons. The summed E-state index contributed by atoms with van der Waals surface area (Å²) in [5, 5.41) is 8.85. The zero-order valence-electron chi connectivity index (χ0n) is 11.9. The Balaban J connectivity index is 2.28. The fraction of sp³-hybridized carbons (Fsp3) is 0.500. The molecule has 1 atom stereocenters. The SMILES string of the molecule is CCS(=O)(=O)c1ccccc1N1CCOC(CC(=O)O)C1. The first-order valence-corrected chi connectivity index (χ1v) is 8.49. The van der Waals surface area contributed by atoms with E-state index in [1.807, 2.05) is 4.90 Å². The van der Waals surface area contributed by atoms with Gasteiger partial charge < -0.3 is 14.7 Å². The molecule has 0 saturated carbocycles. The maximum atomic E-state index is 12.2. The van der Waals surface area contributed by atoms with Crippen molar-refractivity contribution < 1.29 is 23.1 Å². The maximum absolute atomic E-state index is 12.2. The minimum Gasteiger partial charge on any atom is -0.481 e. The van der Waals surface area contributed by atoms with Crippen LogP contribution in [0.4, 0.5) is 5.69 Å². The summed E-state index contributed by atoms with van der Waals surface area (Å²) in [6, 6.07) is 6.83. The van der Waals surface area contributed by atoms with Crippen LogP contribution < -0.4 is 4.90 Å². The predicted molar refractivity (Wildman–Crippen MR) is 78.4 cm³/mol. The van der Waals surface area contributed by atoms with Gasteiger partial charge in [0.2, 0.25) is 0 Å². The van der Waals surface area contributed by atoms with Gasteiger partial charge in [-0.3, -0.25) is 4.79 Å². The number of morpholine rings is 1. The minimum absolute atomic E-state index is 0.0346. The molecule has 1 aromatic rings. The summed E-state index contributed by atoms with van der Waals surface area (Å²) in [4.78, 5) is 13.0. The van der Waals surface area contributed by atoms with Crippen LogP contribution in [0, 0.1) is 0 Å². The molecule has 0 spiro atoms. The van der Waals surface area contributed by atoms with E-state index in [0.717, 1.165) is 0 Å². The number of hydrogen-bond donors (Lipinski definition) is 1. The highest BCUT2D eigenvalue weighted by Crippen LogP contribution is 2.27. The number of rotatable bonds is 5. The molecule has 7 heteroatoms. The Morgan fingerprint density at radius 1 is 1.43 bits per heavy atom. The van der Waals surface area contributed by atoms with Crippen LogP contribution in [-0.2, 0) is 19.4 Å². The molecule has 1 N–H and O–H groups in total. The van der Waals surface area contributed by atoms with Crippen LogP contribution in [0.1, 0.15) is 13.3 Å². The molecule has 1 aromatic carbocycles. The van der Waals surface area contributed by atoms with Crippen LogP contribution in [-0.4, -0.2) is 51.0 Å². The lowest BCUT2D eigenvalue weighted by Crippen LogP contribution is -2.43. The summed E-state index contributed by atoms with van der Waals surface area (Å²) < 4.78 is 29.8. The minimum atomic E-state index is -3.32. The number of ether oxygens (including phenoxy) is 1. The Kier molecular flexibility index (Phi) is 4.84. The van der Waals surface area contributed by atoms with Crippen LogP contribution >= 0.6 is 0 Å². The van der Waals surface area contributed by atoms with E-state index >= 15 is 0 Å². The maximum Gasteiger partial charge on any atom is 0.306 e. The standard InChI is InChI=1S/C14H19NO5S/c1-2-21(18,19)13-6-4-3-5-12(13)15-7-8-20-11(10-15)9-14(16)17/h3-6,11H,2,7-10H2,1H3,(H,16,17). The van der Waals surface area contributed by atoms with E-state index in [-0.39, 0.29) is 12.2 Å². The van der Waals surface area contributed by atoms with Gasteiger partial charge in [-0.1, -0.05) is 19.1 Å². The number of aliphatic carboxylic acids is 1. The highest BCUT2D eigenvalue weighted by atomic mass is 32.2. The topological polar surface area (TPSA) is 83.9 Å². The van der Waals surface area contributed by atoms with E-state index < -0.39 is 21.9 Å². The van der Waals surface area contributed by atoms with Crippen molar-refractivity contribution in [3.05, 3.63) is 24.3 Å². The van der Waals surface area contributed by atoms with E-state index in [1.54, 1.807) is 31.2 Å². The Bertz CT molecular complexity index is 614. The average molecular weight is 313 g/mol. The Morgan fingerprint density at radius 3 is 2.81 bits per heavy atom. The molecule has 0 aromatic heterocycles. The van der Waals surface area contributed by atoms with E-state index in [2.05, 4.69) is 0 Å². The zero-order chi connectivity index (χ0) is 15.5. The summed E-state index contributed by atoms with van der Waals surface area (Å²) in [6.07, 6.45) is -0.507. The number of hydrogen-bond acceptors (Lipinski definition) is 5. The molecular formula is C14H19NO5S. The second kappa shape index (κ2) is 6.44. The number of para-hydroxylation sites is 1. The monoisotopic (exact) mass is 313 g/mol. The van der Waals surface area contributed by atoms with Crippen molar-refractivity contribution in [3.63, 3.8) is 0 Å². The summed E-state index contributed by atoms with van der Waals surface area (Å²) in [7, 11) is -3.32. The molecule has 6 nitrogen and oxygen atoms in total. The van der Waals surface area contributed by atoms with E-state index in [4.69, 9.17) is 9.84 Å². The molecule has 21 heavy (non-hydrogen) atoms. The van der Waals surface area contributed by atoms with Gasteiger partial charge >= 0.3 is 5.97 Å². The highest BCUT2D eigenvalue weighted by Gasteiger charge is 2.26. The molecule has 1 fully saturated rings. The van der Waals surface area contributed by atoms with Crippen molar-refractivity contribution in [3.8, 4) is 0 Å². The molecule has 0 radical (unpaired) electrons. The summed E-state index contributed by atoms with van der Waals surface area (Å²) >= 11 is 0. The number of carboxylic acid groups (broad SMARTS) is 1. The molecule has 1 saturated heterocycles. The van der Waals surface area contributed by atoms with Gasteiger partial charge in [-0.25, -0.2) is 8.42 Å². The molecule has 0 amide bonds. The van der Waals surface area contributed by atoms with Crippen LogP contribution in [0.2, 0.25) is 0 Å². The van der Waals surface area contributed by atoms with E-state index in [1.165, 1.54) is 0 Å². The zero-order valence-corrected chi connectivity index (χ0v) is 12.7. The Hall–Kier alpha value is -1.60. The normalized spacial score (nSPS) is 19.5. The van der Waals surface area contributed by atoms with Crippen molar-refractivity contribution in [2.24, 2.45) is 0 Å². The average Bonchev–Trinajstić information content (AvgIpc) is 2.47. The van der Waals surface area contributed by atoms with Gasteiger partial charge in [0, 0.05) is 13.1 Å². The third-order valence-corrected chi connectivity index (χ3v) is 5.24. The molecule has 0 aliphatic carbocycles. The number of carbonyl (C=O) groups is 1. The van der Waals surface area contributed by atoms with Crippen molar-refractivity contribution in [2.75, 3.05) is 30.3 Å². The lowest BCUT2D eigenvalue weighted by molar-refractivity contribution is -0.140. The van der Waals surface area contributed by atoms with Gasteiger partial charge in [0.15, 0.2) is 9.84 Å².